The van der Waals surface area contributed by atoms with Crippen molar-refractivity contribution in [3.8, 4) is 11.5 Å². The van der Waals surface area contributed by atoms with Gasteiger partial charge < -0.3 is 14.2 Å². The van der Waals surface area contributed by atoms with Crippen LogP contribution in [0.4, 0.5) is 4.39 Å². The first-order valence-electron chi connectivity index (χ1n) is 13.8. The molecule has 4 aromatic rings. The van der Waals surface area contributed by atoms with Crippen molar-refractivity contribution in [3.63, 3.8) is 0 Å². The number of halogens is 2. The lowest BCUT2D eigenvalue weighted by Crippen LogP contribution is -2.40. The largest absolute Gasteiger partial charge is 0.491 e. The fourth-order valence-corrected chi connectivity index (χ4v) is 6.56. The molecule has 0 spiro atoms. The maximum Gasteiger partial charge on any atom is 0.338 e. The van der Waals surface area contributed by atoms with Crippen LogP contribution in [-0.2, 0) is 16.1 Å². The fourth-order valence-electron chi connectivity index (χ4n) is 4.82. The second-order valence-corrected chi connectivity index (χ2v) is 12.3. The van der Waals surface area contributed by atoms with Gasteiger partial charge in [-0.2, -0.15) is 0 Å². The molecule has 0 aliphatic carbocycles. The fraction of sp³-hybridized carbons (Fsp3) is 0.242. The van der Waals surface area contributed by atoms with E-state index in [9.17, 15) is 14.0 Å². The zero-order chi connectivity index (χ0) is 30.7. The molecule has 0 unspecified atom stereocenters. The summed E-state index contributed by atoms with van der Waals surface area (Å²) < 4.78 is 33.8. The van der Waals surface area contributed by atoms with Crippen molar-refractivity contribution in [2.45, 2.75) is 46.4 Å². The number of para-hydroxylation sites is 1. The Morgan fingerprint density at radius 1 is 1.12 bits per heavy atom. The van der Waals surface area contributed by atoms with Crippen molar-refractivity contribution in [2.75, 3.05) is 6.61 Å². The van der Waals surface area contributed by atoms with Gasteiger partial charge in [-0.3, -0.25) is 9.36 Å². The molecule has 7 nitrogen and oxygen atoms in total. The van der Waals surface area contributed by atoms with Crippen LogP contribution in [0.25, 0.3) is 6.08 Å². The highest BCUT2D eigenvalue weighted by Crippen LogP contribution is 2.36. The second kappa shape index (κ2) is 13.3. The molecule has 1 aliphatic rings. The van der Waals surface area contributed by atoms with Gasteiger partial charge in [-0.1, -0.05) is 47.7 Å². The Morgan fingerprint density at radius 2 is 1.91 bits per heavy atom. The minimum Gasteiger partial charge on any atom is -0.491 e. The summed E-state index contributed by atoms with van der Waals surface area (Å²) in [5.74, 6) is 0.401. The molecule has 1 atom stereocenters. The number of carbonyl (C=O) groups excluding carboxylic acids is 1. The summed E-state index contributed by atoms with van der Waals surface area (Å²) in [5, 5.41) is 0. The Hall–Kier alpha value is -3.77. The average molecular weight is 713 g/mol. The second-order valence-electron chi connectivity index (χ2n) is 10.1. The summed E-state index contributed by atoms with van der Waals surface area (Å²) in [5.41, 5.74) is 2.72. The first kappa shape index (κ1) is 30.7. The lowest BCUT2D eigenvalue weighted by molar-refractivity contribution is -0.139. The minimum absolute atomic E-state index is 0.114. The molecule has 43 heavy (non-hydrogen) atoms. The number of carbonyl (C=O) groups is 1. The lowest BCUT2D eigenvalue weighted by Gasteiger charge is -2.26. The Morgan fingerprint density at radius 3 is 2.63 bits per heavy atom. The summed E-state index contributed by atoms with van der Waals surface area (Å²) in [6.45, 7) is 7.77. The molecule has 1 aromatic heterocycles. The van der Waals surface area contributed by atoms with E-state index in [1.807, 2.05) is 56.3 Å². The maximum atomic E-state index is 14.0. The van der Waals surface area contributed by atoms with Crippen LogP contribution < -0.4 is 24.4 Å². The zero-order valence-electron chi connectivity index (χ0n) is 24.1. The molecule has 1 aliphatic heterocycles. The quantitative estimate of drug-likeness (QED) is 0.160. The van der Waals surface area contributed by atoms with Gasteiger partial charge in [0.15, 0.2) is 4.80 Å². The van der Waals surface area contributed by atoms with Crippen LogP contribution in [0.3, 0.4) is 0 Å². The molecule has 0 radical (unpaired) electrons. The van der Waals surface area contributed by atoms with E-state index in [1.165, 1.54) is 23.5 Å². The number of allylic oxidation sites excluding steroid dienone is 1. The Labute approximate surface area is 266 Å². The number of fused-ring (bicyclic) bond motifs is 1. The van der Waals surface area contributed by atoms with Gasteiger partial charge in [0, 0.05) is 5.56 Å². The van der Waals surface area contributed by atoms with Crippen molar-refractivity contribution >= 4 is 46.0 Å². The molecule has 0 N–H and O–H groups in total. The van der Waals surface area contributed by atoms with Gasteiger partial charge in [0.1, 0.15) is 30.0 Å². The van der Waals surface area contributed by atoms with Gasteiger partial charge in [-0.05, 0) is 97.8 Å². The monoisotopic (exact) mass is 712 g/mol. The van der Waals surface area contributed by atoms with Crippen molar-refractivity contribution in [1.29, 1.82) is 0 Å². The molecular weight excluding hydrogens is 682 g/mol. The smallest absolute Gasteiger partial charge is 0.338 e. The molecule has 2 heterocycles. The van der Waals surface area contributed by atoms with E-state index in [0.717, 1.165) is 14.7 Å². The summed E-state index contributed by atoms with van der Waals surface area (Å²) in [7, 11) is 0. The van der Waals surface area contributed by atoms with Crippen molar-refractivity contribution in [2.24, 2.45) is 4.99 Å². The summed E-state index contributed by atoms with van der Waals surface area (Å²) in [6, 6.07) is 18.5. The van der Waals surface area contributed by atoms with E-state index in [0.29, 0.717) is 37.7 Å². The van der Waals surface area contributed by atoms with Gasteiger partial charge in [-0.25, -0.2) is 14.2 Å². The third-order valence-corrected chi connectivity index (χ3v) is 8.46. The molecule has 3 aromatic carbocycles. The lowest BCUT2D eigenvalue weighted by atomic mass is 9.95. The van der Waals surface area contributed by atoms with E-state index >= 15 is 0 Å². The van der Waals surface area contributed by atoms with Crippen LogP contribution in [0.15, 0.2) is 87.8 Å². The van der Waals surface area contributed by atoms with E-state index in [2.05, 4.69) is 27.6 Å². The number of hydrogen-bond donors (Lipinski definition) is 0. The van der Waals surface area contributed by atoms with Crippen LogP contribution >= 0.6 is 33.9 Å². The van der Waals surface area contributed by atoms with Crippen LogP contribution in [0, 0.1) is 9.39 Å². The van der Waals surface area contributed by atoms with Crippen LogP contribution in [0.2, 0.25) is 0 Å². The molecule has 222 valence electrons. The first-order chi connectivity index (χ1) is 20.7. The average Bonchev–Trinajstić information content (AvgIpc) is 3.26. The molecule has 5 rings (SSSR count). The molecule has 0 saturated heterocycles. The Balaban J connectivity index is 1.56. The van der Waals surface area contributed by atoms with Crippen molar-refractivity contribution in [3.05, 3.63) is 124 Å². The van der Waals surface area contributed by atoms with Gasteiger partial charge in [0.2, 0.25) is 0 Å². The number of aromatic nitrogens is 1. The topological polar surface area (TPSA) is 79.1 Å². The highest BCUT2D eigenvalue weighted by Gasteiger charge is 2.35. The minimum atomic E-state index is -0.772. The number of rotatable bonds is 9. The van der Waals surface area contributed by atoms with E-state index in [4.69, 9.17) is 14.2 Å². The molecule has 0 amide bonds. The molecule has 0 saturated carbocycles. The SMILES string of the molecule is CCOC(=O)C1=C(C)N=c2s/c(=C/c3ccc(OCc4cccc(F)c4)c(I)c3)c(=O)n2[C@@H]1c1ccccc1OC(C)C. The molecular formula is C33H30FIN2O5S. The normalized spacial score (nSPS) is 14.9. The molecule has 0 fully saturated rings. The number of hydrogen-bond acceptors (Lipinski definition) is 7. The number of ether oxygens (including phenoxy) is 3. The van der Waals surface area contributed by atoms with Gasteiger partial charge in [0.25, 0.3) is 5.56 Å². The number of nitrogens with zero attached hydrogens (tertiary/aromatic N) is 2. The van der Waals surface area contributed by atoms with E-state index in [-0.39, 0.29) is 30.7 Å². The van der Waals surface area contributed by atoms with Gasteiger partial charge in [0.05, 0.1) is 32.1 Å². The van der Waals surface area contributed by atoms with E-state index in [1.54, 1.807) is 36.6 Å². The van der Waals surface area contributed by atoms with Gasteiger partial charge >= 0.3 is 5.97 Å². The Kier molecular flexibility index (Phi) is 9.46. The zero-order valence-corrected chi connectivity index (χ0v) is 27.1. The van der Waals surface area contributed by atoms with Crippen LogP contribution in [0.5, 0.6) is 11.5 Å². The van der Waals surface area contributed by atoms with Crippen LogP contribution in [-0.4, -0.2) is 23.2 Å². The van der Waals surface area contributed by atoms with Gasteiger partial charge in [-0.15, -0.1) is 0 Å². The number of thiazole rings is 1. The number of esters is 1. The summed E-state index contributed by atoms with van der Waals surface area (Å²) in [6.07, 6.45) is 1.69. The highest BCUT2D eigenvalue weighted by atomic mass is 127. The van der Waals surface area contributed by atoms with E-state index < -0.39 is 12.0 Å². The third-order valence-electron chi connectivity index (χ3n) is 6.63. The number of benzene rings is 3. The first-order valence-corrected chi connectivity index (χ1v) is 15.7. The third kappa shape index (κ3) is 6.75. The standard InChI is InChI=1S/C33H30FIN2O5S/c1-5-40-32(39)29-20(4)36-33-37(30(29)24-11-6-7-12-26(24)42-19(2)3)31(38)28(43-33)17-21-13-14-27(25(35)16-21)41-18-22-9-8-10-23(34)15-22/h6-17,19,30H,5,18H2,1-4H3/b28-17+/t30-/m1/s1. The predicted molar refractivity (Wildman–Crippen MR) is 172 cm³/mol. The van der Waals surface area contributed by atoms with Crippen molar-refractivity contribution in [1.82, 2.24) is 4.57 Å². The summed E-state index contributed by atoms with van der Waals surface area (Å²) >= 11 is 3.43. The Bertz CT molecular complexity index is 1900. The van der Waals surface area contributed by atoms with Crippen LogP contribution in [0.1, 0.15) is 50.4 Å². The van der Waals surface area contributed by atoms with Crippen molar-refractivity contribution < 1.29 is 23.4 Å². The molecule has 0 bridgehead atoms. The highest BCUT2D eigenvalue weighted by molar-refractivity contribution is 14.1. The predicted octanol–water partition coefficient (Wildman–Crippen LogP) is 5.91. The molecule has 10 heteroatoms. The maximum absolute atomic E-state index is 14.0. The summed E-state index contributed by atoms with van der Waals surface area (Å²) in [4.78, 5) is 32.4.